The summed E-state index contributed by atoms with van der Waals surface area (Å²) in [5, 5.41) is 5.86. The Labute approximate surface area is 153 Å². The standard InChI is InChI=1S/C20H24N2O4/c1-3-4-13-26-18-8-6-5-7-17(18)21-14-19(23)22-16-11-9-15(10-12-16)20(24)25-2/h5-12,21H,3-4,13-14H2,1-2H3,(H,22,23). The van der Waals surface area contributed by atoms with Gasteiger partial charge >= 0.3 is 5.97 Å². The van der Waals surface area contributed by atoms with Gasteiger partial charge in [0.25, 0.3) is 0 Å². The van der Waals surface area contributed by atoms with E-state index in [0.29, 0.717) is 17.9 Å². The van der Waals surface area contributed by atoms with Gasteiger partial charge in [-0.15, -0.1) is 0 Å². The molecule has 0 aromatic heterocycles. The highest BCUT2D eigenvalue weighted by molar-refractivity contribution is 5.95. The lowest BCUT2D eigenvalue weighted by atomic mass is 10.2. The van der Waals surface area contributed by atoms with Crippen LogP contribution in [0.4, 0.5) is 11.4 Å². The van der Waals surface area contributed by atoms with Gasteiger partial charge in [-0.2, -0.15) is 0 Å². The largest absolute Gasteiger partial charge is 0.491 e. The van der Waals surface area contributed by atoms with Crippen LogP contribution in [0.25, 0.3) is 0 Å². The third kappa shape index (κ3) is 5.81. The van der Waals surface area contributed by atoms with Gasteiger partial charge < -0.3 is 20.1 Å². The number of hydrogen-bond donors (Lipinski definition) is 2. The van der Waals surface area contributed by atoms with Crippen molar-refractivity contribution in [2.24, 2.45) is 0 Å². The van der Waals surface area contributed by atoms with E-state index in [9.17, 15) is 9.59 Å². The topological polar surface area (TPSA) is 76.7 Å². The average molecular weight is 356 g/mol. The molecule has 0 saturated carbocycles. The molecule has 0 aliphatic rings. The van der Waals surface area contributed by atoms with E-state index in [1.165, 1.54) is 7.11 Å². The quantitative estimate of drug-likeness (QED) is 0.529. The fourth-order valence-electron chi connectivity index (χ4n) is 2.25. The number of ether oxygens (including phenoxy) is 2. The molecule has 0 spiro atoms. The molecule has 0 atom stereocenters. The van der Waals surface area contributed by atoms with Crippen LogP contribution in [0.15, 0.2) is 48.5 Å². The van der Waals surface area contributed by atoms with Gasteiger partial charge in [-0.25, -0.2) is 4.79 Å². The minimum atomic E-state index is -0.413. The molecule has 2 N–H and O–H groups in total. The van der Waals surface area contributed by atoms with Gasteiger partial charge in [0.15, 0.2) is 0 Å². The molecule has 138 valence electrons. The van der Waals surface area contributed by atoms with Crippen LogP contribution in [0.2, 0.25) is 0 Å². The first kappa shape index (κ1) is 19.3. The zero-order valence-corrected chi connectivity index (χ0v) is 15.1. The van der Waals surface area contributed by atoms with E-state index < -0.39 is 5.97 Å². The van der Waals surface area contributed by atoms with Crippen LogP contribution in [0.1, 0.15) is 30.1 Å². The molecule has 0 bridgehead atoms. The Balaban J connectivity index is 1.88. The van der Waals surface area contributed by atoms with Gasteiger partial charge in [0.1, 0.15) is 5.75 Å². The Morgan fingerprint density at radius 1 is 1.04 bits per heavy atom. The summed E-state index contributed by atoms with van der Waals surface area (Å²) >= 11 is 0. The van der Waals surface area contributed by atoms with Crippen LogP contribution < -0.4 is 15.4 Å². The normalized spacial score (nSPS) is 10.1. The summed E-state index contributed by atoms with van der Waals surface area (Å²) in [6, 6.07) is 14.1. The number of benzene rings is 2. The maximum atomic E-state index is 12.1. The molecule has 2 aromatic carbocycles. The Bertz CT molecular complexity index is 729. The molecule has 6 nitrogen and oxygen atoms in total. The fourth-order valence-corrected chi connectivity index (χ4v) is 2.25. The van der Waals surface area contributed by atoms with E-state index in [1.807, 2.05) is 24.3 Å². The molecule has 0 aliphatic carbocycles. The number of carbonyl (C=O) groups is 2. The van der Waals surface area contributed by atoms with Gasteiger partial charge in [0, 0.05) is 5.69 Å². The maximum absolute atomic E-state index is 12.1. The molecular weight excluding hydrogens is 332 g/mol. The van der Waals surface area contributed by atoms with E-state index in [1.54, 1.807) is 24.3 Å². The van der Waals surface area contributed by atoms with Crippen molar-refractivity contribution in [1.29, 1.82) is 0 Å². The number of hydrogen-bond acceptors (Lipinski definition) is 5. The summed E-state index contributed by atoms with van der Waals surface area (Å²) in [4.78, 5) is 23.5. The number of esters is 1. The number of methoxy groups -OCH3 is 1. The van der Waals surface area contributed by atoms with Crippen LogP contribution >= 0.6 is 0 Å². The zero-order valence-electron chi connectivity index (χ0n) is 15.1. The first-order valence-electron chi connectivity index (χ1n) is 8.58. The van der Waals surface area contributed by atoms with Gasteiger partial charge in [-0.3, -0.25) is 4.79 Å². The highest BCUT2D eigenvalue weighted by Crippen LogP contribution is 2.23. The molecule has 0 unspecified atom stereocenters. The SMILES string of the molecule is CCCCOc1ccccc1NCC(=O)Nc1ccc(C(=O)OC)cc1. The van der Waals surface area contributed by atoms with Crippen molar-refractivity contribution in [2.75, 3.05) is 30.9 Å². The monoisotopic (exact) mass is 356 g/mol. The smallest absolute Gasteiger partial charge is 0.337 e. The summed E-state index contributed by atoms with van der Waals surface area (Å²) in [6.45, 7) is 2.86. The Morgan fingerprint density at radius 2 is 1.77 bits per heavy atom. The summed E-state index contributed by atoms with van der Waals surface area (Å²) in [7, 11) is 1.33. The number of rotatable bonds is 9. The minimum Gasteiger partial charge on any atom is -0.491 e. The van der Waals surface area contributed by atoms with Crippen LogP contribution in [0.3, 0.4) is 0 Å². The third-order valence-electron chi connectivity index (χ3n) is 3.67. The lowest BCUT2D eigenvalue weighted by Gasteiger charge is -2.13. The van der Waals surface area contributed by atoms with Crippen LogP contribution in [0, 0.1) is 0 Å². The minimum absolute atomic E-state index is 0.104. The second-order valence-corrected chi connectivity index (χ2v) is 5.67. The van der Waals surface area contributed by atoms with Crippen molar-refractivity contribution >= 4 is 23.3 Å². The van der Waals surface area contributed by atoms with Gasteiger partial charge in [0.05, 0.1) is 31.5 Å². The van der Waals surface area contributed by atoms with Gasteiger partial charge in [-0.05, 0) is 42.8 Å². The summed E-state index contributed by atoms with van der Waals surface area (Å²) in [5.74, 6) is 0.125. The van der Waals surface area contributed by atoms with E-state index in [4.69, 9.17) is 4.74 Å². The molecule has 26 heavy (non-hydrogen) atoms. The van der Waals surface area contributed by atoms with E-state index >= 15 is 0 Å². The number of para-hydroxylation sites is 2. The molecule has 2 rings (SSSR count). The van der Waals surface area contributed by atoms with Gasteiger partial charge in [-0.1, -0.05) is 25.5 Å². The molecule has 0 aliphatic heterocycles. The molecule has 0 saturated heterocycles. The number of anilines is 2. The van der Waals surface area contributed by atoms with Crippen molar-refractivity contribution in [2.45, 2.75) is 19.8 Å². The number of amides is 1. The molecule has 1 amide bonds. The van der Waals surface area contributed by atoms with Crippen LogP contribution in [0.5, 0.6) is 5.75 Å². The number of carbonyl (C=O) groups excluding carboxylic acids is 2. The predicted molar refractivity (Wildman–Crippen MR) is 102 cm³/mol. The molecule has 0 heterocycles. The fraction of sp³-hybridized carbons (Fsp3) is 0.300. The van der Waals surface area contributed by atoms with Crippen molar-refractivity contribution < 1.29 is 19.1 Å². The molecular formula is C20H24N2O4. The van der Waals surface area contributed by atoms with Crippen LogP contribution in [-0.4, -0.2) is 32.1 Å². The Kier molecular flexibility index (Phi) is 7.49. The van der Waals surface area contributed by atoms with Crippen molar-refractivity contribution in [3.8, 4) is 5.75 Å². The highest BCUT2D eigenvalue weighted by atomic mass is 16.5. The molecule has 2 aromatic rings. The first-order valence-corrected chi connectivity index (χ1v) is 8.58. The summed E-state index contributed by atoms with van der Waals surface area (Å²) in [6.07, 6.45) is 2.04. The summed E-state index contributed by atoms with van der Waals surface area (Å²) in [5.41, 5.74) is 1.82. The number of nitrogens with one attached hydrogen (secondary N) is 2. The van der Waals surface area contributed by atoms with Crippen molar-refractivity contribution in [3.63, 3.8) is 0 Å². The zero-order chi connectivity index (χ0) is 18.8. The van der Waals surface area contributed by atoms with E-state index in [0.717, 1.165) is 24.3 Å². The highest BCUT2D eigenvalue weighted by Gasteiger charge is 2.08. The molecule has 0 fully saturated rings. The predicted octanol–water partition coefficient (Wildman–Crippen LogP) is 3.70. The van der Waals surface area contributed by atoms with E-state index in [2.05, 4.69) is 22.3 Å². The summed E-state index contributed by atoms with van der Waals surface area (Å²) < 4.78 is 10.4. The molecule has 0 radical (unpaired) electrons. The number of unbranched alkanes of at least 4 members (excludes halogenated alkanes) is 1. The van der Waals surface area contributed by atoms with Gasteiger partial charge in [0.2, 0.25) is 5.91 Å². The van der Waals surface area contributed by atoms with Crippen molar-refractivity contribution in [1.82, 2.24) is 0 Å². The third-order valence-corrected chi connectivity index (χ3v) is 3.67. The molecule has 6 heteroatoms. The lowest BCUT2D eigenvalue weighted by Crippen LogP contribution is -2.22. The maximum Gasteiger partial charge on any atom is 0.337 e. The Morgan fingerprint density at radius 3 is 2.46 bits per heavy atom. The van der Waals surface area contributed by atoms with E-state index in [-0.39, 0.29) is 12.5 Å². The first-order chi connectivity index (χ1) is 12.6. The Hall–Kier alpha value is -3.02. The van der Waals surface area contributed by atoms with Crippen molar-refractivity contribution in [3.05, 3.63) is 54.1 Å². The lowest BCUT2D eigenvalue weighted by molar-refractivity contribution is -0.114. The van der Waals surface area contributed by atoms with Crippen LogP contribution in [-0.2, 0) is 9.53 Å². The second kappa shape index (κ2) is 10.1. The average Bonchev–Trinajstić information content (AvgIpc) is 2.67. The second-order valence-electron chi connectivity index (χ2n) is 5.67.